The number of rotatable bonds is 5. The van der Waals surface area contributed by atoms with Crippen molar-refractivity contribution in [3.63, 3.8) is 0 Å². The van der Waals surface area contributed by atoms with Gasteiger partial charge in [0.15, 0.2) is 0 Å². The van der Waals surface area contributed by atoms with E-state index in [0.717, 1.165) is 6.42 Å². The summed E-state index contributed by atoms with van der Waals surface area (Å²) in [6, 6.07) is 1.27. The maximum atomic E-state index is 10.5. The van der Waals surface area contributed by atoms with E-state index in [-0.39, 0.29) is 18.3 Å². The molecule has 16 heavy (non-hydrogen) atoms. The SMILES string of the molecule is CC[C@@H](CO)Nc1ncc([N+](=O)[O-])cc1Br. The van der Waals surface area contributed by atoms with Crippen molar-refractivity contribution in [3.8, 4) is 0 Å². The van der Waals surface area contributed by atoms with Gasteiger partial charge in [0.1, 0.15) is 12.0 Å². The van der Waals surface area contributed by atoms with E-state index in [9.17, 15) is 10.1 Å². The lowest BCUT2D eigenvalue weighted by Gasteiger charge is -2.15. The first-order valence-corrected chi connectivity index (χ1v) is 5.55. The van der Waals surface area contributed by atoms with Gasteiger partial charge in [0.25, 0.3) is 5.69 Å². The van der Waals surface area contributed by atoms with Crippen molar-refractivity contribution in [3.05, 3.63) is 26.9 Å². The van der Waals surface area contributed by atoms with E-state index in [1.54, 1.807) is 0 Å². The summed E-state index contributed by atoms with van der Waals surface area (Å²) >= 11 is 3.19. The average molecular weight is 290 g/mol. The fourth-order valence-electron chi connectivity index (χ4n) is 1.10. The highest BCUT2D eigenvalue weighted by Gasteiger charge is 2.12. The van der Waals surface area contributed by atoms with Crippen LogP contribution >= 0.6 is 15.9 Å². The molecule has 0 aromatic carbocycles. The lowest BCUT2D eigenvalue weighted by atomic mass is 10.2. The molecule has 0 saturated heterocycles. The zero-order valence-corrected chi connectivity index (χ0v) is 10.3. The Hall–Kier alpha value is -1.21. The van der Waals surface area contributed by atoms with Crippen LogP contribution in [-0.2, 0) is 0 Å². The summed E-state index contributed by atoms with van der Waals surface area (Å²) < 4.78 is 0.508. The number of aliphatic hydroxyl groups excluding tert-OH is 1. The Balaban J connectivity index is 2.86. The van der Waals surface area contributed by atoms with E-state index in [4.69, 9.17) is 5.11 Å². The summed E-state index contributed by atoms with van der Waals surface area (Å²) in [7, 11) is 0. The van der Waals surface area contributed by atoms with Crippen molar-refractivity contribution >= 4 is 27.4 Å². The highest BCUT2D eigenvalue weighted by Crippen LogP contribution is 2.25. The Labute approximate surface area is 101 Å². The highest BCUT2D eigenvalue weighted by atomic mass is 79.9. The third-order valence-corrected chi connectivity index (χ3v) is 2.70. The van der Waals surface area contributed by atoms with Gasteiger partial charge in [0.2, 0.25) is 0 Å². The average Bonchev–Trinajstić information content (AvgIpc) is 2.27. The third kappa shape index (κ3) is 3.14. The van der Waals surface area contributed by atoms with Crippen LogP contribution in [0.1, 0.15) is 13.3 Å². The number of halogens is 1. The Kier molecular flexibility index (Phi) is 4.63. The third-order valence-electron chi connectivity index (χ3n) is 2.09. The second kappa shape index (κ2) is 5.76. The fourth-order valence-corrected chi connectivity index (χ4v) is 1.56. The second-order valence-electron chi connectivity index (χ2n) is 3.21. The van der Waals surface area contributed by atoms with Crippen LogP contribution in [0.3, 0.4) is 0 Å². The number of nitrogens with zero attached hydrogens (tertiary/aromatic N) is 2. The molecule has 0 bridgehead atoms. The highest BCUT2D eigenvalue weighted by molar-refractivity contribution is 9.10. The van der Waals surface area contributed by atoms with E-state index < -0.39 is 4.92 Å². The molecule has 0 aliphatic heterocycles. The molecule has 1 atom stereocenters. The van der Waals surface area contributed by atoms with E-state index in [1.807, 2.05) is 6.92 Å². The van der Waals surface area contributed by atoms with Crippen LogP contribution in [0.15, 0.2) is 16.7 Å². The standard InChI is InChI=1S/C9H12BrN3O3/c1-2-6(5-14)12-9-8(10)3-7(4-11-9)13(15)16/h3-4,6,14H,2,5H2,1H3,(H,11,12)/t6-/m0/s1. The molecule has 0 fully saturated rings. The van der Waals surface area contributed by atoms with E-state index in [2.05, 4.69) is 26.2 Å². The van der Waals surface area contributed by atoms with Crippen LogP contribution in [0.4, 0.5) is 11.5 Å². The van der Waals surface area contributed by atoms with Gasteiger partial charge in [-0.15, -0.1) is 0 Å². The summed E-state index contributed by atoms with van der Waals surface area (Å²) in [6.07, 6.45) is 1.92. The van der Waals surface area contributed by atoms with Gasteiger partial charge in [0, 0.05) is 6.07 Å². The largest absolute Gasteiger partial charge is 0.394 e. The molecule has 1 aromatic heterocycles. The summed E-state index contributed by atoms with van der Waals surface area (Å²) in [5, 5.41) is 22.5. The number of aliphatic hydroxyl groups is 1. The topological polar surface area (TPSA) is 88.3 Å². The Morgan fingerprint density at radius 3 is 2.88 bits per heavy atom. The van der Waals surface area contributed by atoms with Crippen molar-refractivity contribution in [1.82, 2.24) is 4.98 Å². The quantitative estimate of drug-likeness (QED) is 0.639. The van der Waals surface area contributed by atoms with Gasteiger partial charge in [-0.1, -0.05) is 6.92 Å². The Morgan fingerprint density at radius 1 is 1.75 bits per heavy atom. The second-order valence-corrected chi connectivity index (χ2v) is 4.07. The summed E-state index contributed by atoms with van der Waals surface area (Å²) in [6.45, 7) is 1.91. The van der Waals surface area contributed by atoms with Crippen LogP contribution in [0.2, 0.25) is 0 Å². The predicted molar refractivity (Wildman–Crippen MR) is 63.4 cm³/mol. The molecular weight excluding hydrogens is 278 g/mol. The monoisotopic (exact) mass is 289 g/mol. The van der Waals surface area contributed by atoms with Gasteiger partial charge in [-0.05, 0) is 22.4 Å². The summed E-state index contributed by atoms with van der Waals surface area (Å²) in [5.41, 5.74) is -0.0746. The van der Waals surface area contributed by atoms with Crippen LogP contribution in [0.25, 0.3) is 0 Å². The van der Waals surface area contributed by atoms with Crippen LogP contribution in [0.5, 0.6) is 0 Å². The van der Waals surface area contributed by atoms with Gasteiger partial charge < -0.3 is 10.4 Å². The number of nitro groups is 1. The van der Waals surface area contributed by atoms with Crippen molar-refractivity contribution in [2.45, 2.75) is 19.4 Å². The fraction of sp³-hybridized carbons (Fsp3) is 0.444. The molecule has 0 radical (unpaired) electrons. The molecule has 88 valence electrons. The maximum absolute atomic E-state index is 10.5. The number of hydrogen-bond donors (Lipinski definition) is 2. The molecule has 1 heterocycles. The molecule has 0 saturated carbocycles. The van der Waals surface area contributed by atoms with Gasteiger partial charge in [0.05, 0.1) is 22.0 Å². The Morgan fingerprint density at radius 2 is 2.44 bits per heavy atom. The van der Waals surface area contributed by atoms with Crippen LogP contribution in [-0.4, -0.2) is 27.7 Å². The van der Waals surface area contributed by atoms with E-state index >= 15 is 0 Å². The van der Waals surface area contributed by atoms with Gasteiger partial charge in [-0.3, -0.25) is 10.1 Å². The number of pyridine rings is 1. The smallest absolute Gasteiger partial charge is 0.288 e. The van der Waals surface area contributed by atoms with Crippen molar-refractivity contribution in [1.29, 1.82) is 0 Å². The minimum Gasteiger partial charge on any atom is -0.394 e. The molecule has 0 amide bonds. The first kappa shape index (κ1) is 12.9. The number of hydrogen-bond acceptors (Lipinski definition) is 5. The first-order valence-electron chi connectivity index (χ1n) is 4.75. The van der Waals surface area contributed by atoms with Gasteiger partial charge in [-0.2, -0.15) is 0 Å². The lowest BCUT2D eigenvalue weighted by molar-refractivity contribution is -0.385. The van der Waals surface area contributed by atoms with E-state index in [0.29, 0.717) is 10.3 Å². The summed E-state index contributed by atoms with van der Waals surface area (Å²) in [5.74, 6) is 0.492. The first-order chi connectivity index (χ1) is 7.58. The summed E-state index contributed by atoms with van der Waals surface area (Å²) in [4.78, 5) is 13.9. The number of aromatic nitrogens is 1. The van der Waals surface area contributed by atoms with Crippen LogP contribution in [0, 0.1) is 10.1 Å². The van der Waals surface area contributed by atoms with Gasteiger partial charge >= 0.3 is 0 Å². The number of anilines is 1. The molecule has 0 aliphatic carbocycles. The van der Waals surface area contributed by atoms with Crippen molar-refractivity contribution in [2.24, 2.45) is 0 Å². The Bertz CT molecular complexity index is 382. The molecule has 2 N–H and O–H groups in total. The molecule has 1 aromatic rings. The maximum Gasteiger partial charge on any atom is 0.288 e. The molecule has 0 aliphatic rings. The molecule has 0 unspecified atom stereocenters. The minimum absolute atomic E-state index is 0.0123. The molecule has 1 rings (SSSR count). The molecular formula is C9H12BrN3O3. The predicted octanol–water partition coefficient (Wildman–Crippen LogP) is 1.94. The minimum atomic E-state index is -0.509. The zero-order chi connectivity index (χ0) is 12.1. The molecule has 7 heteroatoms. The van der Waals surface area contributed by atoms with Crippen molar-refractivity contribution in [2.75, 3.05) is 11.9 Å². The zero-order valence-electron chi connectivity index (χ0n) is 8.68. The van der Waals surface area contributed by atoms with Gasteiger partial charge in [-0.25, -0.2) is 4.98 Å². The lowest BCUT2D eigenvalue weighted by Crippen LogP contribution is -2.23. The number of nitrogens with one attached hydrogen (secondary N) is 1. The van der Waals surface area contributed by atoms with Crippen LogP contribution < -0.4 is 5.32 Å². The van der Waals surface area contributed by atoms with Crippen molar-refractivity contribution < 1.29 is 10.0 Å². The normalized spacial score (nSPS) is 12.2. The molecule has 0 spiro atoms. The molecule has 6 nitrogen and oxygen atoms in total. The van der Waals surface area contributed by atoms with E-state index in [1.165, 1.54) is 12.3 Å².